The molecule has 0 saturated heterocycles. The van der Waals surface area contributed by atoms with Gasteiger partial charge in [0.25, 0.3) is 0 Å². The quantitative estimate of drug-likeness (QED) is 0.601. The van der Waals surface area contributed by atoms with Gasteiger partial charge in [0, 0.05) is 6.54 Å². The molecule has 0 spiro atoms. The zero-order valence-electron chi connectivity index (χ0n) is 7.34. The van der Waals surface area contributed by atoms with Gasteiger partial charge in [-0.05, 0) is 12.0 Å². The van der Waals surface area contributed by atoms with Crippen LogP contribution in [0.4, 0.5) is 13.2 Å². The second-order valence-electron chi connectivity index (χ2n) is 2.68. The van der Waals surface area contributed by atoms with Crippen molar-refractivity contribution in [2.75, 3.05) is 6.54 Å². The summed E-state index contributed by atoms with van der Waals surface area (Å²) in [6.45, 7) is 0.128. The Balaban J connectivity index is 2.17. The molecule has 0 aromatic heterocycles. The molecule has 0 aliphatic carbocycles. The van der Waals surface area contributed by atoms with Gasteiger partial charge in [-0.15, -0.1) is 13.2 Å². The van der Waals surface area contributed by atoms with Crippen molar-refractivity contribution in [3.8, 4) is 0 Å². The molecule has 14 heavy (non-hydrogen) atoms. The molecular formula is C9H10F3NO. The first-order valence-corrected chi connectivity index (χ1v) is 4.09. The van der Waals surface area contributed by atoms with E-state index in [1.807, 2.05) is 35.8 Å². The fourth-order valence-electron chi connectivity index (χ4n) is 0.973. The SMILES string of the molecule is FC(F)(F)ONCCc1ccccc1. The molecule has 0 bridgehead atoms. The fourth-order valence-corrected chi connectivity index (χ4v) is 0.973. The number of hydrogen-bond acceptors (Lipinski definition) is 2. The maximum Gasteiger partial charge on any atom is 0.538 e. The van der Waals surface area contributed by atoms with Gasteiger partial charge in [-0.2, -0.15) is 5.48 Å². The molecule has 78 valence electrons. The van der Waals surface area contributed by atoms with Crippen LogP contribution in [0.3, 0.4) is 0 Å². The molecule has 2 nitrogen and oxygen atoms in total. The molecule has 0 saturated carbocycles. The highest BCUT2D eigenvalue weighted by molar-refractivity contribution is 5.14. The Morgan fingerprint density at radius 1 is 1.14 bits per heavy atom. The van der Waals surface area contributed by atoms with Crippen LogP contribution in [0.2, 0.25) is 0 Å². The van der Waals surface area contributed by atoms with Gasteiger partial charge in [0.1, 0.15) is 0 Å². The van der Waals surface area contributed by atoms with Crippen LogP contribution in [0, 0.1) is 0 Å². The van der Waals surface area contributed by atoms with Crippen molar-refractivity contribution >= 4 is 0 Å². The van der Waals surface area contributed by atoms with E-state index in [0.717, 1.165) is 5.56 Å². The molecule has 0 unspecified atom stereocenters. The Hall–Kier alpha value is -1.07. The lowest BCUT2D eigenvalue weighted by molar-refractivity contribution is -0.350. The monoisotopic (exact) mass is 205 g/mol. The van der Waals surface area contributed by atoms with Crippen LogP contribution in [-0.4, -0.2) is 12.9 Å². The zero-order valence-corrected chi connectivity index (χ0v) is 7.34. The van der Waals surface area contributed by atoms with Gasteiger partial charge in [-0.1, -0.05) is 30.3 Å². The first-order valence-electron chi connectivity index (χ1n) is 4.09. The maximum absolute atomic E-state index is 11.5. The summed E-state index contributed by atoms with van der Waals surface area (Å²) in [5.74, 6) is 0. The first kappa shape index (κ1) is 11.0. The van der Waals surface area contributed by atoms with E-state index in [0.29, 0.717) is 6.42 Å². The van der Waals surface area contributed by atoms with Gasteiger partial charge in [0.05, 0.1) is 0 Å². The molecule has 5 heteroatoms. The number of alkyl halides is 3. The van der Waals surface area contributed by atoms with Gasteiger partial charge >= 0.3 is 6.36 Å². The molecule has 1 rings (SSSR count). The third kappa shape index (κ3) is 4.84. The van der Waals surface area contributed by atoms with E-state index >= 15 is 0 Å². The van der Waals surface area contributed by atoms with Crippen LogP contribution < -0.4 is 5.48 Å². The van der Waals surface area contributed by atoms with Crippen molar-refractivity contribution in [1.29, 1.82) is 0 Å². The Bertz CT molecular complexity index is 261. The van der Waals surface area contributed by atoms with Crippen LogP contribution in [0.25, 0.3) is 0 Å². The lowest BCUT2D eigenvalue weighted by Crippen LogP contribution is -2.27. The molecule has 0 atom stereocenters. The Morgan fingerprint density at radius 2 is 1.79 bits per heavy atom. The number of rotatable bonds is 4. The smallest absolute Gasteiger partial charge is 0.203 e. The Morgan fingerprint density at radius 3 is 2.36 bits per heavy atom. The summed E-state index contributed by atoms with van der Waals surface area (Å²) in [5, 5.41) is 0. The lowest BCUT2D eigenvalue weighted by Gasteiger charge is -2.07. The molecule has 1 N–H and O–H groups in total. The predicted molar refractivity (Wildman–Crippen MR) is 45.3 cm³/mol. The van der Waals surface area contributed by atoms with Crippen LogP contribution in [0.5, 0.6) is 0 Å². The zero-order chi connectivity index (χ0) is 10.4. The molecular weight excluding hydrogens is 195 g/mol. The molecule has 0 amide bonds. The molecule has 0 radical (unpaired) electrons. The van der Waals surface area contributed by atoms with E-state index in [-0.39, 0.29) is 6.54 Å². The summed E-state index contributed by atoms with van der Waals surface area (Å²) in [5.41, 5.74) is 2.81. The first-order chi connectivity index (χ1) is 6.58. The number of nitrogens with one attached hydrogen (secondary N) is 1. The van der Waals surface area contributed by atoms with E-state index in [2.05, 4.69) is 4.84 Å². The van der Waals surface area contributed by atoms with Crippen molar-refractivity contribution in [3.05, 3.63) is 35.9 Å². The third-order valence-corrected chi connectivity index (χ3v) is 1.55. The fraction of sp³-hybridized carbons (Fsp3) is 0.333. The van der Waals surface area contributed by atoms with Gasteiger partial charge < -0.3 is 0 Å². The van der Waals surface area contributed by atoms with E-state index in [4.69, 9.17) is 0 Å². The molecule has 0 fully saturated rings. The Labute approximate surface area is 79.6 Å². The normalized spacial score (nSPS) is 11.6. The number of benzene rings is 1. The third-order valence-electron chi connectivity index (χ3n) is 1.55. The summed E-state index contributed by atoms with van der Waals surface area (Å²) >= 11 is 0. The summed E-state index contributed by atoms with van der Waals surface area (Å²) in [6.07, 6.45) is -4.12. The largest absolute Gasteiger partial charge is 0.538 e. The highest BCUT2D eigenvalue weighted by Crippen LogP contribution is 2.13. The summed E-state index contributed by atoms with van der Waals surface area (Å²) in [6, 6.07) is 9.20. The topological polar surface area (TPSA) is 21.3 Å². The Kier molecular flexibility index (Phi) is 3.91. The van der Waals surface area contributed by atoms with E-state index in [1.54, 1.807) is 0 Å². The van der Waals surface area contributed by atoms with Gasteiger partial charge in [-0.25, -0.2) is 4.84 Å². The van der Waals surface area contributed by atoms with Crippen molar-refractivity contribution in [2.24, 2.45) is 0 Å². The highest BCUT2D eigenvalue weighted by atomic mass is 19.4. The van der Waals surface area contributed by atoms with Crippen molar-refractivity contribution in [3.63, 3.8) is 0 Å². The minimum atomic E-state index is -4.61. The van der Waals surface area contributed by atoms with Crippen LogP contribution in [0.1, 0.15) is 5.56 Å². The summed E-state index contributed by atoms with van der Waals surface area (Å²) < 4.78 is 34.5. The van der Waals surface area contributed by atoms with Gasteiger partial charge in [0.15, 0.2) is 0 Å². The van der Waals surface area contributed by atoms with Gasteiger partial charge in [-0.3, -0.25) is 0 Å². The number of hydroxylamine groups is 1. The molecule has 0 aliphatic heterocycles. The molecule has 1 aromatic carbocycles. The van der Waals surface area contributed by atoms with E-state index in [9.17, 15) is 13.2 Å². The van der Waals surface area contributed by atoms with Crippen LogP contribution in [-0.2, 0) is 11.3 Å². The minimum absolute atomic E-state index is 0.128. The van der Waals surface area contributed by atoms with E-state index < -0.39 is 6.36 Å². The maximum atomic E-state index is 11.5. The number of hydrogen-bond donors (Lipinski definition) is 1. The standard InChI is InChI=1S/C9H10F3NO/c10-9(11,12)14-13-7-6-8-4-2-1-3-5-8/h1-5,13H,6-7H2. The average molecular weight is 205 g/mol. The lowest BCUT2D eigenvalue weighted by atomic mass is 10.2. The van der Waals surface area contributed by atoms with Crippen molar-refractivity contribution < 1.29 is 18.0 Å². The number of halogens is 3. The second-order valence-corrected chi connectivity index (χ2v) is 2.68. The van der Waals surface area contributed by atoms with Crippen molar-refractivity contribution in [1.82, 2.24) is 5.48 Å². The second kappa shape index (κ2) is 4.97. The van der Waals surface area contributed by atoms with Gasteiger partial charge in [0.2, 0.25) is 0 Å². The average Bonchev–Trinajstić information content (AvgIpc) is 2.13. The summed E-state index contributed by atoms with van der Waals surface area (Å²) in [4.78, 5) is 3.40. The molecule has 0 aliphatic rings. The predicted octanol–water partition coefficient (Wildman–Crippen LogP) is 2.27. The molecule has 1 aromatic rings. The summed E-state index contributed by atoms with van der Waals surface area (Å²) in [7, 11) is 0. The molecule has 0 heterocycles. The van der Waals surface area contributed by atoms with Crippen molar-refractivity contribution in [2.45, 2.75) is 12.8 Å². The highest BCUT2D eigenvalue weighted by Gasteiger charge is 2.29. The van der Waals surface area contributed by atoms with Crippen LogP contribution in [0.15, 0.2) is 30.3 Å². The van der Waals surface area contributed by atoms with E-state index in [1.165, 1.54) is 0 Å². The van der Waals surface area contributed by atoms with Crippen LogP contribution >= 0.6 is 0 Å². The minimum Gasteiger partial charge on any atom is -0.203 e.